The number of aliphatic imine (C=N–C) groups is 1. The lowest BCUT2D eigenvalue weighted by atomic mass is 9.94. The third-order valence-corrected chi connectivity index (χ3v) is 4.94. The van der Waals surface area contributed by atoms with Crippen LogP contribution in [0.15, 0.2) is 70.8 Å². The van der Waals surface area contributed by atoms with E-state index in [4.69, 9.17) is 4.74 Å². The Hall–Kier alpha value is -4.22. The maximum absolute atomic E-state index is 13.6. The van der Waals surface area contributed by atoms with Gasteiger partial charge in [0, 0.05) is 37.4 Å². The van der Waals surface area contributed by atoms with E-state index in [9.17, 15) is 23.1 Å². The van der Waals surface area contributed by atoms with Crippen LogP contribution in [0.3, 0.4) is 0 Å². The maximum Gasteiger partial charge on any atom is 0.203 e. The van der Waals surface area contributed by atoms with Gasteiger partial charge in [0.05, 0.1) is 17.9 Å². The van der Waals surface area contributed by atoms with Crippen LogP contribution in [-0.4, -0.2) is 37.2 Å². The number of hydrogen-bond acceptors (Lipinski definition) is 7. The van der Waals surface area contributed by atoms with E-state index in [0.29, 0.717) is 18.7 Å². The smallest absolute Gasteiger partial charge is 0.203 e. The van der Waals surface area contributed by atoms with Crippen molar-refractivity contribution in [2.24, 2.45) is 10.9 Å². The van der Waals surface area contributed by atoms with Crippen LogP contribution in [0.2, 0.25) is 0 Å². The zero-order valence-corrected chi connectivity index (χ0v) is 17.6. The average Bonchev–Trinajstić information content (AvgIpc) is 3.32. The van der Waals surface area contributed by atoms with Crippen LogP contribution in [0.1, 0.15) is 12.1 Å². The molecule has 0 bridgehead atoms. The lowest BCUT2D eigenvalue weighted by molar-refractivity contribution is -0.250. The summed E-state index contributed by atoms with van der Waals surface area (Å²) < 4.78 is 48.1. The Morgan fingerprint density at radius 3 is 2.79 bits per heavy atom. The van der Waals surface area contributed by atoms with Gasteiger partial charge in [0.1, 0.15) is 18.3 Å². The highest BCUT2D eigenvalue weighted by Gasteiger charge is 2.16. The largest absolute Gasteiger partial charge is 0.598 e. The minimum Gasteiger partial charge on any atom is -0.598 e. The van der Waals surface area contributed by atoms with Crippen LogP contribution < -0.4 is 10.5 Å². The first-order chi connectivity index (χ1) is 16.4. The summed E-state index contributed by atoms with van der Waals surface area (Å²) in [4.78, 5) is 20.0. The number of ether oxygens (including phenoxy) is 1. The van der Waals surface area contributed by atoms with Gasteiger partial charge in [0.2, 0.25) is 5.43 Å². The Morgan fingerprint density at radius 2 is 2.06 bits per heavy atom. The molecule has 0 N–H and O–H groups in total. The summed E-state index contributed by atoms with van der Waals surface area (Å²) in [6.45, 7) is 0.413. The lowest BCUT2D eigenvalue weighted by Gasteiger charge is -2.17. The number of halogens is 3. The summed E-state index contributed by atoms with van der Waals surface area (Å²) in [5.41, 5.74) is 0.0780. The molecule has 0 radical (unpaired) electrons. The van der Waals surface area contributed by atoms with Crippen molar-refractivity contribution >= 4 is 6.08 Å². The van der Waals surface area contributed by atoms with Gasteiger partial charge in [0.25, 0.3) is 0 Å². The Labute approximate surface area is 191 Å². The molecule has 0 saturated carbocycles. The van der Waals surface area contributed by atoms with Crippen molar-refractivity contribution in [1.82, 2.24) is 24.5 Å². The first-order valence-corrected chi connectivity index (χ1v) is 10.2. The SMILES string of the molecule is O=c1ccn(-c2cc(F)c(F)c(F)c2)nc1CC1C=C(N=C([O-])OCCn2cncn2)C=CC1. The fourth-order valence-electron chi connectivity index (χ4n) is 3.31. The number of nitrogens with zero attached hydrogens (tertiary/aromatic N) is 6. The van der Waals surface area contributed by atoms with Gasteiger partial charge in [0.15, 0.2) is 23.5 Å². The monoisotopic (exact) mass is 471 g/mol. The summed E-state index contributed by atoms with van der Waals surface area (Å²) in [6.07, 6.45) is 9.28. The minimum absolute atomic E-state index is 0.0685. The van der Waals surface area contributed by atoms with Gasteiger partial charge >= 0.3 is 0 Å². The molecular formula is C22H18F3N6O3-. The highest BCUT2D eigenvalue weighted by Crippen LogP contribution is 2.21. The van der Waals surface area contributed by atoms with Crippen LogP contribution in [0.5, 0.6) is 0 Å². The normalized spacial score (nSPS) is 15.9. The van der Waals surface area contributed by atoms with Gasteiger partial charge < -0.3 is 9.84 Å². The number of benzene rings is 1. The molecule has 0 amide bonds. The predicted molar refractivity (Wildman–Crippen MR) is 112 cm³/mol. The molecule has 2 heterocycles. The van der Waals surface area contributed by atoms with Gasteiger partial charge in [-0.2, -0.15) is 10.2 Å². The van der Waals surface area contributed by atoms with Crippen molar-refractivity contribution < 1.29 is 23.0 Å². The topological polar surface area (TPSA) is 110 Å². The Bertz CT molecular complexity index is 1290. The molecule has 1 aliphatic carbocycles. The van der Waals surface area contributed by atoms with E-state index >= 15 is 0 Å². The molecule has 12 heteroatoms. The molecule has 1 aliphatic rings. The molecule has 176 valence electrons. The van der Waals surface area contributed by atoms with E-state index in [1.807, 2.05) is 0 Å². The molecule has 3 aromatic rings. The Kier molecular flexibility index (Phi) is 6.85. The third kappa shape index (κ3) is 5.57. The molecule has 0 saturated heterocycles. The van der Waals surface area contributed by atoms with Crippen molar-refractivity contribution in [1.29, 1.82) is 0 Å². The molecule has 0 aliphatic heterocycles. The molecule has 0 spiro atoms. The van der Waals surface area contributed by atoms with Gasteiger partial charge in [-0.05, 0) is 18.4 Å². The Morgan fingerprint density at radius 1 is 1.26 bits per heavy atom. The summed E-state index contributed by atoms with van der Waals surface area (Å²) >= 11 is 0. The van der Waals surface area contributed by atoms with E-state index in [1.54, 1.807) is 18.2 Å². The molecule has 2 aromatic heterocycles. The highest BCUT2D eigenvalue weighted by molar-refractivity contribution is 5.64. The summed E-state index contributed by atoms with van der Waals surface area (Å²) in [5, 5.41) is 20.0. The zero-order valence-electron chi connectivity index (χ0n) is 17.6. The van der Waals surface area contributed by atoms with Gasteiger partial charge in [-0.25, -0.2) is 27.8 Å². The van der Waals surface area contributed by atoms with Crippen LogP contribution in [0.4, 0.5) is 13.2 Å². The molecule has 1 atom stereocenters. The quantitative estimate of drug-likeness (QED) is 0.295. The minimum atomic E-state index is -1.59. The van der Waals surface area contributed by atoms with Crippen molar-refractivity contribution in [2.75, 3.05) is 6.61 Å². The van der Waals surface area contributed by atoms with Crippen molar-refractivity contribution in [3.05, 3.63) is 94.3 Å². The van der Waals surface area contributed by atoms with Crippen LogP contribution in [-0.2, 0) is 17.7 Å². The molecule has 9 nitrogen and oxygen atoms in total. The number of rotatable bonds is 7. The lowest BCUT2D eigenvalue weighted by Crippen LogP contribution is -2.24. The second-order valence-electron chi connectivity index (χ2n) is 7.37. The number of aromatic nitrogens is 5. The fourth-order valence-corrected chi connectivity index (χ4v) is 3.31. The molecule has 1 aromatic carbocycles. The van der Waals surface area contributed by atoms with Gasteiger partial charge in [-0.1, -0.05) is 12.2 Å². The number of hydrogen-bond donors (Lipinski definition) is 0. The van der Waals surface area contributed by atoms with Crippen LogP contribution >= 0.6 is 0 Å². The Balaban J connectivity index is 1.45. The van der Waals surface area contributed by atoms with E-state index in [0.717, 1.165) is 16.8 Å². The van der Waals surface area contributed by atoms with E-state index in [-0.39, 0.29) is 35.8 Å². The van der Waals surface area contributed by atoms with Crippen molar-refractivity contribution in [2.45, 2.75) is 19.4 Å². The number of allylic oxidation sites excluding steroid dienone is 3. The van der Waals surface area contributed by atoms with Crippen molar-refractivity contribution in [3.63, 3.8) is 0 Å². The second-order valence-corrected chi connectivity index (χ2v) is 7.37. The molecule has 1 unspecified atom stereocenters. The summed E-state index contributed by atoms with van der Waals surface area (Å²) in [6, 6.07) is 2.78. The predicted octanol–water partition coefficient (Wildman–Crippen LogP) is 1.68. The molecular weight excluding hydrogens is 453 g/mol. The zero-order chi connectivity index (χ0) is 24.1. The molecule has 0 fully saturated rings. The van der Waals surface area contributed by atoms with Crippen LogP contribution in [0, 0.1) is 23.4 Å². The van der Waals surface area contributed by atoms with Crippen LogP contribution in [0.25, 0.3) is 5.69 Å². The summed E-state index contributed by atoms with van der Waals surface area (Å²) in [5.74, 6) is -4.52. The standard InChI is InChI=1S/C22H19F3N6O3/c23-17-10-16(11-18(24)21(17)25)31-5-4-20(32)19(29-31)9-14-2-1-3-15(8-14)28-22(33)34-7-6-30-13-26-12-27-30/h1,3-5,8,10-14H,2,6-7,9H2,(H,28,33)/p-1. The molecule has 4 rings (SSSR count). The average molecular weight is 471 g/mol. The van der Waals surface area contributed by atoms with E-state index in [2.05, 4.69) is 20.2 Å². The first kappa shape index (κ1) is 23.0. The highest BCUT2D eigenvalue weighted by atomic mass is 19.2. The second kappa shape index (κ2) is 10.1. The third-order valence-electron chi connectivity index (χ3n) is 4.94. The maximum atomic E-state index is 13.6. The molecule has 34 heavy (non-hydrogen) atoms. The first-order valence-electron chi connectivity index (χ1n) is 10.2. The van der Waals surface area contributed by atoms with Gasteiger partial charge in [-0.15, -0.1) is 0 Å². The van der Waals surface area contributed by atoms with E-state index in [1.165, 1.54) is 29.6 Å². The summed E-state index contributed by atoms with van der Waals surface area (Å²) in [7, 11) is 0. The fraction of sp³-hybridized carbons (Fsp3) is 0.227. The van der Waals surface area contributed by atoms with E-state index < -0.39 is 23.5 Å². The van der Waals surface area contributed by atoms with Gasteiger partial charge in [-0.3, -0.25) is 9.48 Å². The van der Waals surface area contributed by atoms with Crippen molar-refractivity contribution in [3.8, 4) is 5.69 Å².